The van der Waals surface area contributed by atoms with Gasteiger partial charge in [-0.05, 0) is 38.3 Å². The highest BCUT2D eigenvalue weighted by atomic mass is 16.2. The van der Waals surface area contributed by atoms with Crippen LogP contribution in [-0.2, 0) is 7.05 Å². The molecule has 1 fully saturated rings. The molecule has 0 N–H and O–H groups in total. The van der Waals surface area contributed by atoms with E-state index in [1.807, 2.05) is 13.8 Å². The molecule has 106 valence electrons. The summed E-state index contributed by atoms with van der Waals surface area (Å²) in [5.74, 6) is -0.378. The fraction of sp³-hybridized carbons (Fsp3) is 0.533. The molecule has 1 aliphatic heterocycles. The summed E-state index contributed by atoms with van der Waals surface area (Å²) in [5.41, 5.74) is 1.72. The van der Waals surface area contributed by atoms with Gasteiger partial charge in [-0.3, -0.25) is 9.59 Å². The van der Waals surface area contributed by atoms with Crippen molar-refractivity contribution in [2.75, 3.05) is 13.1 Å². The van der Waals surface area contributed by atoms with Crippen LogP contribution in [0, 0.1) is 31.1 Å². The van der Waals surface area contributed by atoms with Gasteiger partial charge in [-0.15, -0.1) is 0 Å². The van der Waals surface area contributed by atoms with E-state index in [1.54, 1.807) is 18.0 Å². The van der Waals surface area contributed by atoms with E-state index in [9.17, 15) is 9.59 Å². The second kappa shape index (κ2) is 5.49. The van der Waals surface area contributed by atoms with Crippen LogP contribution in [0.2, 0.25) is 0 Å². The van der Waals surface area contributed by atoms with Gasteiger partial charge in [0.05, 0.1) is 12.0 Å². The fourth-order valence-corrected chi connectivity index (χ4v) is 2.57. The minimum absolute atomic E-state index is 0.122. The van der Waals surface area contributed by atoms with Crippen LogP contribution in [0.5, 0.6) is 0 Å². The summed E-state index contributed by atoms with van der Waals surface area (Å²) < 4.78 is 1.51. The summed E-state index contributed by atoms with van der Waals surface area (Å²) >= 11 is 0. The lowest BCUT2D eigenvalue weighted by Gasteiger charge is -2.29. The Labute approximate surface area is 118 Å². The smallest absolute Gasteiger partial charge is 0.263 e. The summed E-state index contributed by atoms with van der Waals surface area (Å²) in [4.78, 5) is 26.4. The molecule has 1 aliphatic rings. The van der Waals surface area contributed by atoms with Gasteiger partial charge in [0.15, 0.2) is 0 Å². The molecule has 0 radical (unpaired) electrons. The molecular formula is C15H19N3O2. The van der Waals surface area contributed by atoms with Gasteiger partial charge in [0, 0.05) is 25.8 Å². The van der Waals surface area contributed by atoms with E-state index < -0.39 is 0 Å². The summed E-state index contributed by atoms with van der Waals surface area (Å²) in [6, 6.07) is 3.87. The number of aromatic nitrogens is 1. The van der Waals surface area contributed by atoms with E-state index in [0.717, 1.165) is 24.1 Å². The molecule has 2 heterocycles. The number of carbonyl (C=O) groups excluding carboxylic acids is 1. The highest BCUT2D eigenvalue weighted by Crippen LogP contribution is 2.17. The average molecular weight is 273 g/mol. The number of hydrogen-bond donors (Lipinski definition) is 0. The monoisotopic (exact) mass is 273 g/mol. The van der Waals surface area contributed by atoms with Crippen LogP contribution >= 0.6 is 0 Å². The second-order valence-electron chi connectivity index (χ2n) is 5.41. The van der Waals surface area contributed by atoms with Crippen molar-refractivity contribution in [1.82, 2.24) is 9.47 Å². The Balaban J connectivity index is 2.35. The molecule has 0 saturated carbocycles. The van der Waals surface area contributed by atoms with E-state index in [0.29, 0.717) is 13.1 Å². The maximum absolute atomic E-state index is 12.5. The van der Waals surface area contributed by atoms with Crippen LogP contribution in [-0.4, -0.2) is 28.5 Å². The van der Waals surface area contributed by atoms with Crippen molar-refractivity contribution in [3.05, 3.63) is 33.2 Å². The number of likely N-dealkylation sites (tertiary alicyclic amines) is 1. The van der Waals surface area contributed by atoms with Crippen LogP contribution in [0.3, 0.4) is 0 Å². The van der Waals surface area contributed by atoms with Crippen molar-refractivity contribution in [3.8, 4) is 6.07 Å². The van der Waals surface area contributed by atoms with Crippen molar-refractivity contribution in [2.45, 2.75) is 26.7 Å². The van der Waals surface area contributed by atoms with Gasteiger partial charge in [0.2, 0.25) is 0 Å². The van der Waals surface area contributed by atoms with Crippen molar-refractivity contribution in [2.24, 2.45) is 13.0 Å². The number of carbonyl (C=O) groups is 1. The zero-order chi connectivity index (χ0) is 14.9. The van der Waals surface area contributed by atoms with E-state index in [1.165, 1.54) is 4.57 Å². The molecule has 2 rings (SSSR count). The highest BCUT2D eigenvalue weighted by Gasteiger charge is 2.26. The van der Waals surface area contributed by atoms with E-state index in [2.05, 4.69) is 6.07 Å². The van der Waals surface area contributed by atoms with Gasteiger partial charge in [-0.2, -0.15) is 5.26 Å². The van der Waals surface area contributed by atoms with Gasteiger partial charge in [0.1, 0.15) is 5.56 Å². The van der Waals surface area contributed by atoms with Gasteiger partial charge in [-0.1, -0.05) is 0 Å². The Morgan fingerprint density at radius 2 is 2.15 bits per heavy atom. The number of nitriles is 1. The Hall–Kier alpha value is -2.09. The minimum atomic E-state index is -0.266. The molecule has 0 bridgehead atoms. The predicted molar refractivity (Wildman–Crippen MR) is 75.4 cm³/mol. The van der Waals surface area contributed by atoms with Gasteiger partial charge >= 0.3 is 0 Å². The number of piperidine rings is 1. The highest BCUT2D eigenvalue weighted by molar-refractivity contribution is 5.94. The first-order chi connectivity index (χ1) is 9.45. The first-order valence-corrected chi connectivity index (χ1v) is 6.81. The van der Waals surface area contributed by atoms with Crippen LogP contribution in [0.1, 0.15) is 34.5 Å². The first-order valence-electron chi connectivity index (χ1n) is 6.81. The van der Waals surface area contributed by atoms with Gasteiger partial charge in [-0.25, -0.2) is 0 Å². The van der Waals surface area contributed by atoms with E-state index >= 15 is 0 Å². The molecule has 1 atom stereocenters. The molecule has 0 spiro atoms. The third-order valence-corrected chi connectivity index (χ3v) is 4.09. The molecule has 1 saturated heterocycles. The number of nitrogens with zero attached hydrogens (tertiary/aromatic N) is 3. The van der Waals surface area contributed by atoms with Crippen molar-refractivity contribution in [3.63, 3.8) is 0 Å². The average Bonchev–Trinajstić information content (AvgIpc) is 2.48. The standard InChI is InChI=1S/C15H19N3O2/c1-10-7-13(14(19)17(3)11(10)2)15(20)18-6-4-5-12(8-16)9-18/h7,12H,4-6,9H2,1-3H3/t12-/m1/s1. The molecule has 1 amide bonds. The summed E-state index contributed by atoms with van der Waals surface area (Å²) in [6.45, 7) is 4.79. The lowest BCUT2D eigenvalue weighted by atomic mass is 9.99. The molecule has 0 aliphatic carbocycles. The topological polar surface area (TPSA) is 66.1 Å². The second-order valence-corrected chi connectivity index (χ2v) is 5.41. The van der Waals surface area contributed by atoms with E-state index in [4.69, 9.17) is 5.26 Å². The lowest BCUT2D eigenvalue weighted by Crippen LogP contribution is -2.42. The zero-order valence-electron chi connectivity index (χ0n) is 12.1. The molecule has 1 aromatic heterocycles. The number of hydrogen-bond acceptors (Lipinski definition) is 3. The van der Waals surface area contributed by atoms with Gasteiger partial charge < -0.3 is 9.47 Å². The van der Waals surface area contributed by atoms with Crippen LogP contribution in [0.4, 0.5) is 0 Å². The zero-order valence-corrected chi connectivity index (χ0v) is 12.1. The fourth-order valence-electron chi connectivity index (χ4n) is 2.57. The Morgan fingerprint density at radius 1 is 1.45 bits per heavy atom. The molecular weight excluding hydrogens is 254 g/mol. The Bertz CT molecular complexity index is 640. The molecule has 20 heavy (non-hydrogen) atoms. The van der Waals surface area contributed by atoms with Crippen LogP contribution in [0.25, 0.3) is 0 Å². The number of rotatable bonds is 1. The maximum Gasteiger partial charge on any atom is 0.263 e. The maximum atomic E-state index is 12.5. The third kappa shape index (κ3) is 2.46. The Kier molecular flexibility index (Phi) is 3.93. The van der Waals surface area contributed by atoms with Gasteiger partial charge in [0.25, 0.3) is 11.5 Å². The number of amides is 1. The minimum Gasteiger partial charge on any atom is -0.337 e. The SMILES string of the molecule is Cc1cc(C(=O)N2CCC[C@H](C#N)C2)c(=O)n(C)c1C. The molecule has 5 nitrogen and oxygen atoms in total. The molecule has 0 aromatic carbocycles. The Morgan fingerprint density at radius 3 is 2.80 bits per heavy atom. The lowest BCUT2D eigenvalue weighted by molar-refractivity contribution is 0.0696. The van der Waals surface area contributed by atoms with Crippen molar-refractivity contribution < 1.29 is 4.79 Å². The number of pyridine rings is 1. The van der Waals surface area contributed by atoms with E-state index in [-0.39, 0.29) is 22.9 Å². The van der Waals surface area contributed by atoms with Crippen LogP contribution in [0.15, 0.2) is 10.9 Å². The predicted octanol–water partition coefficient (Wildman–Crippen LogP) is 1.38. The first kappa shape index (κ1) is 14.3. The summed E-state index contributed by atoms with van der Waals surface area (Å²) in [7, 11) is 1.68. The number of aryl methyl sites for hydroxylation is 1. The quantitative estimate of drug-likeness (QED) is 0.776. The van der Waals surface area contributed by atoms with Crippen molar-refractivity contribution in [1.29, 1.82) is 5.26 Å². The summed E-state index contributed by atoms with van der Waals surface area (Å²) in [5, 5.41) is 8.99. The normalized spacial score (nSPS) is 18.7. The molecule has 0 unspecified atom stereocenters. The molecule has 5 heteroatoms. The largest absolute Gasteiger partial charge is 0.337 e. The summed E-state index contributed by atoms with van der Waals surface area (Å²) in [6.07, 6.45) is 1.64. The van der Waals surface area contributed by atoms with Crippen LogP contribution < -0.4 is 5.56 Å². The van der Waals surface area contributed by atoms with Crippen molar-refractivity contribution >= 4 is 5.91 Å². The third-order valence-electron chi connectivity index (χ3n) is 4.09. The molecule has 1 aromatic rings.